The van der Waals surface area contributed by atoms with Gasteiger partial charge in [0.25, 0.3) is 0 Å². The number of benzene rings is 1. The summed E-state index contributed by atoms with van der Waals surface area (Å²) in [7, 11) is 0. The number of carbonyl (C=O) groups is 1. The summed E-state index contributed by atoms with van der Waals surface area (Å²) >= 11 is 5.99. The first-order chi connectivity index (χ1) is 12.0. The number of rotatable bonds is 0. The van der Waals surface area contributed by atoms with E-state index < -0.39 is 0 Å². The van der Waals surface area contributed by atoms with Crippen LogP contribution in [0.5, 0.6) is 0 Å². The monoisotopic (exact) mass is 356 g/mol. The number of halogens is 1. The third kappa shape index (κ3) is 4.02. The van der Waals surface area contributed by atoms with E-state index >= 15 is 0 Å². The molecule has 2 aliphatic heterocycles. The highest BCUT2D eigenvalue weighted by molar-refractivity contribution is 6.30. The standard InChI is InChI=1S/C21H25ClN2O/c1-21(2)18(10-6-8-17-9-7-11-19(22)16-17)12-15-24(21)20(25)23-13-4-3-5-14-23/h7,9-11,16H,3-5,12-15H2,1-2H3/b18-10+. The number of nitrogens with zero attached hydrogens (tertiary/aromatic N) is 2. The molecule has 0 spiro atoms. The molecule has 3 nitrogen and oxygen atoms in total. The van der Waals surface area contributed by atoms with Crippen molar-refractivity contribution in [2.45, 2.75) is 45.1 Å². The largest absolute Gasteiger partial charge is 0.325 e. The summed E-state index contributed by atoms with van der Waals surface area (Å²) in [6.07, 6.45) is 6.33. The molecule has 0 unspecified atom stereocenters. The SMILES string of the molecule is CC1(C)/C(=C/C#Cc2cccc(Cl)c2)CCN1C(=O)N1CCCCC1. The summed E-state index contributed by atoms with van der Waals surface area (Å²) in [6, 6.07) is 7.73. The third-order valence-corrected chi connectivity index (χ3v) is 5.45. The van der Waals surface area contributed by atoms with Crippen LogP contribution in [0.1, 0.15) is 45.1 Å². The fraction of sp³-hybridized carbons (Fsp3) is 0.476. The second kappa shape index (κ2) is 7.54. The molecule has 0 aromatic heterocycles. The highest BCUT2D eigenvalue weighted by Crippen LogP contribution is 2.35. The van der Waals surface area contributed by atoms with Crippen LogP contribution in [0, 0.1) is 11.8 Å². The summed E-state index contributed by atoms with van der Waals surface area (Å²) in [5, 5.41) is 0.693. The number of piperidine rings is 1. The number of hydrogen-bond acceptors (Lipinski definition) is 1. The third-order valence-electron chi connectivity index (χ3n) is 5.21. The Kier molecular flexibility index (Phi) is 5.39. The molecule has 3 rings (SSSR count). The van der Waals surface area contributed by atoms with Crippen molar-refractivity contribution in [3.63, 3.8) is 0 Å². The Morgan fingerprint density at radius 1 is 1.20 bits per heavy atom. The number of hydrogen-bond donors (Lipinski definition) is 0. The van der Waals surface area contributed by atoms with Gasteiger partial charge in [0.05, 0.1) is 5.54 Å². The molecular formula is C21H25ClN2O. The maximum atomic E-state index is 12.9. The zero-order chi connectivity index (χ0) is 17.9. The van der Waals surface area contributed by atoms with Gasteiger partial charge in [-0.3, -0.25) is 0 Å². The lowest BCUT2D eigenvalue weighted by atomic mass is 9.95. The van der Waals surface area contributed by atoms with Crippen LogP contribution in [0.15, 0.2) is 35.9 Å². The highest BCUT2D eigenvalue weighted by Gasteiger charge is 2.41. The lowest BCUT2D eigenvalue weighted by Gasteiger charge is -2.38. The van der Waals surface area contributed by atoms with Gasteiger partial charge in [-0.2, -0.15) is 0 Å². The van der Waals surface area contributed by atoms with Gasteiger partial charge in [-0.15, -0.1) is 0 Å². The van der Waals surface area contributed by atoms with Crippen LogP contribution in [0.2, 0.25) is 5.02 Å². The average Bonchev–Trinajstić information content (AvgIpc) is 2.90. The predicted molar refractivity (Wildman–Crippen MR) is 103 cm³/mol. The van der Waals surface area contributed by atoms with Gasteiger partial charge < -0.3 is 9.80 Å². The van der Waals surface area contributed by atoms with E-state index in [1.165, 1.54) is 12.0 Å². The Balaban J connectivity index is 1.73. The van der Waals surface area contributed by atoms with Crippen molar-refractivity contribution in [1.29, 1.82) is 0 Å². The van der Waals surface area contributed by atoms with Crippen LogP contribution < -0.4 is 0 Å². The minimum absolute atomic E-state index is 0.177. The molecule has 0 radical (unpaired) electrons. The van der Waals surface area contributed by atoms with Crippen molar-refractivity contribution in [2.75, 3.05) is 19.6 Å². The molecule has 2 aliphatic rings. The van der Waals surface area contributed by atoms with E-state index in [2.05, 4.69) is 25.7 Å². The van der Waals surface area contributed by atoms with E-state index in [1.54, 1.807) is 0 Å². The summed E-state index contributed by atoms with van der Waals surface area (Å²) in [5.41, 5.74) is 1.84. The maximum Gasteiger partial charge on any atom is 0.320 e. The Bertz CT molecular complexity index is 736. The van der Waals surface area contributed by atoms with Crippen LogP contribution in [-0.2, 0) is 0 Å². The van der Waals surface area contributed by atoms with Crippen molar-refractivity contribution in [3.8, 4) is 11.8 Å². The topological polar surface area (TPSA) is 23.6 Å². The van der Waals surface area contributed by atoms with Gasteiger partial charge in [-0.25, -0.2) is 4.79 Å². The molecule has 0 saturated carbocycles. The Hall–Kier alpha value is -1.92. The van der Waals surface area contributed by atoms with Gasteiger partial charge in [0.2, 0.25) is 0 Å². The lowest BCUT2D eigenvalue weighted by molar-refractivity contribution is 0.125. The van der Waals surface area contributed by atoms with Gasteiger partial charge in [0.15, 0.2) is 0 Å². The number of likely N-dealkylation sites (tertiary alicyclic amines) is 2. The minimum Gasteiger partial charge on any atom is -0.325 e. The average molecular weight is 357 g/mol. The van der Waals surface area contributed by atoms with Crippen LogP contribution in [0.3, 0.4) is 0 Å². The zero-order valence-corrected chi connectivity index (χ0v) is 15.8. The second-order valence-electron chi connectivity index (χ2n) is 7.24. The summed E-state index contributed by atoms with van der Waals surface area (Å²) in [6.45, 7) is 6.79. The predicted octanol–water partition coefficient (Wildman–Crippen LogP) is 4.71. The molecule has 0 bridgehead atoms. The van der Waals surface area contributed by atoms with Gasteiger partial charge in [0.1, 0.15) is 0 Å². The first kappa shape index (κ1) is 17.9. The Morgan fingerprint density at radius 2 is 1.96 bits per heavy atom. The molecule has 2 fully saturated rings. The van der Waals surface area contributed by atoms with E-state index in [0.29, 0.717) is 5.02 Å². The van der Waals surface area contributed by atoms with Crippen LogP contribution in [0.4, 0.5) is 4.79 Å². The van der Waals surface area contributed by atoms with E-state index in [4.69, 9.17) is 11.6 Å². The molecule has 4 heteroatoms. The second-order valence-corrected chi connectivity index (χ2v) is 7.68. The van der Waals surface area contributed by atoms with Crippen LogP contribution in [-0.4, -0.2) is 41.0 Å². The lowest BCUT2D eigenvalue weighted by Crippen LogP contribution is -2.51. The first-order valence-electron chi connectivity index (χ1n) is 9.01. The maximum absolute atomic E-state index is 12.9. The number of urea groups is 1. The first-order valence-corrected chi connectivity index (χ1v) is 9.39. The molecule has 0 aliphatic carbocycles. The van der Waals surface area contributed by atoms with Gasteiger partial charge >= 0.3 is 6.03 Å². The number of allylic oxidation sites excluding steroid dienone is 1. The molecule has 132 valence electrons. The molecule has 2 saturated heterocycles. The van der Waals surface area contributed by atoms with Crippen molar-refractivity contribution < 1.29 is 4.79 Å². The fourth-order valence-electron chi connectivity index (χ4n) is 3.60. The fourth-order valence-corrected chi connectivity index (χ4v) is 3.79. The summed E-state index contributed by atoms with van der Waals surface area (Å²) in [4.78, 5) is 16.9. The van der Waals surface area contributed by atoms with E-state index in [0.717, 1.165) is 44.5 Å². The quantitative estimate of drug-likeness (QED) is 0.617. The normalized spacial score (nSPS) is 21.2. The molecule has 1 aromatic carbocycles. The van der Waals surface area contributed by atoms with E-state index in [1.807, 2.05) is 40.1 Å². The van der Waals surface area contributed by atoms with Crippen LogP contribution in [0.25, 0.3) is 0 Å². The van der Waals surface area contributed by atoms with Gasteiger partial charge in [0, 0.05) is 30.2 Å². The smallest absolute Gasteiger partial charge is 0.320 e. The Morgan fingerprint density at radius 3 is 2.68 bits per heavy atom. The van der Waals surface area contributed by atoms with E-state index in [9.17, 15) is 4.79 Å². The van der Waals surface area contributed by atoms with Crippen LogP contribution >= 0.6 is 11.6 Å². The molecule has 0 atom stereocenters. The zero-order valence-electron chi connectivity index (χ0n) is 15.0. The molecule has 1 aromatic rings. The Labute approximate surface area is 155 Å². The molecule has 2 amide bonds. The van der Waals surface area contributed by atoms with Crippen molar-refractivity contribution in [3.05, 3.63) is 46.5 Å². The highest BCUT2D eigenvalue weighted by atomic mass is 35.5. The number of carbonyl (C=O) groups excluding carboxylic acids is 1. The molecule has 0 N–H and O–H groups in total. The van der Waals surface area contributed by atoms with Crippen molar-refractivity contribution in [2.24, 2.45) is 0 Å². The van der Waals surface area contributed by atoms with Crippen molar-refractivity contribution >= 4 is 17.6 Å². The van der Waals surface area contributed by atoms with Gasteiger partial charge in [-0.05, 0) is 69.4 Å². The molecule has 25 heavy (non-hydrogen) atoms. The molecule has 2 heterocycles. The molecular weight excluding hydrogens is 332 g/mol. The van der Waals surface area contributed by atoms with Crippen molar-refractivity contribution in [1.82, 2.24) is 9.80 Å². The van der Waals surface area contributed by atoms with E-state index in [-0.39, 0.29) is 11.6 Å². The number of amides is 2. The minimum atomic E-state index is -0.280. The summed E-state index contributed by atoms with van der Waals surface area (Å²) in [5.74, 6) is 6.28. The van der Waals surface area contributed by atoms with Gasteiger partial charge in [-0.1, -0.05) is 29.5 Å². The summed E-state index contributed by atoms with van der Waals surface area (Å²) < 4.78 is 0.